The number of carbonyl (C=O) groups excluding carboxylic acids is 1. The van der Waals surface area contributed by atoms with Gasteiger partial charge in [0.25, 0.3) is 0 Å². The summed E-state index contributed by atoms with van der Waals surface area (Å²) in [5.41, 5.74) is 1.34. The predicted molar refractivity (Wildman–Crippen MR) is 108 cm³/mol. The predicted octanol–water partition coefficient (Wildman–Crippen LogP) is 4.37. The van der Waals surface area contributed by atoms with Crippen molar-refractivity contribution in [3.8, 4) is 0 Å². The fourth-order valence-electron chi connectivity index (χ4n) is 3.26. The van der Waals surface area contributed by atoms with E-state index >= 15 is 0 Å². The third-order valence-corrected chi connectivity index (χ3v) is 7.04. The topological polar surface area (TPSA) is 20.3 Å². The molecular weight excluding hydrogens is 373 g/mol. The van der Waals surface area contributed by atoms with E-state index in [0.29, 0.717) is 20.9 Å². The van der Waals surface area contributed by atoms with Crippen molar-refractivity contribution in [2.75, 3.05) is 13.1 Å². The number of amides is 1. The number of likely N-dealkylation sites (N-methyl/N-ethyl adjacent to an activating group) is 1. The van der Waals surface area contributed by atoms with Crippen LogP contribution < -0.4 is 4.46 Å². The van der Waals surface area contributed by atoms with Gasteiger partial charge in [-0.05, 0) is 0 Å². The number of carbonyl (C=O) groups is 1. The standard InChI is InChI=1S/C22H31NOSe/c1-3-23(4-2)22(24)16-15-20(17-19-11-7-5-8-12-19)18-25-21-13-9-6-10-14-21/h6,9-10,13-17,19H,3-5,7-8,11-12,18H2,1-2H3/b16-15-,20-17-. The molecule has 1 fully saturated rings. The molecule has 0 unspecified atom stereocenters. The van der Waals surface area contributed by atoms with E-state index in [4.69, 9.17) is 0 Å². The summed E-state index contributed by atoms with van der Waals surface area (Å²) in [5.74, 6) is 0.829. The molecule has 2 nitrogen and oxygen atoms in total. The number of nitrogens with zero attached hydrogens (tertiary/aromatic N) is 1. The summed E-state index contributed by atoms with van der Waals surface area (Å²) in [4.78, 5) is 14.2. The molecule has 0 spiro atoms. The molecule has 1 aromatic carbocycles. The van der Waals surface area contributed by atoms with E-state index in [9.17, 15) is 4.79 Å². The van der Waals surface area contributed by atoms with Crippen LogP contribution in [-0.4, -0.2) is 38.9 Å². The fourth-order valence-corrected chi connectivity index (χ4v) is 5.09. The first-order valence-corrected chi connectivity index (χ1v) is 11.6. The average Bonchev–Trinajstić information content (AvgIpc) is 2.66. The van der Waals surface area contributed by atoms with Crippen molar-refractivity contribution < 1.29 is 4.79 Å². The maximum atomic E-state index is 12.3. The number of benzene rings is 1. The van der Waals surface area contributed by atoms with Crippen LogP contribution in [0.2, 0.25) is 5.32 Å². The van der Waals surface area contributed by atoms with Gasteiger partial charge >= 0.3 is 159 Å². The Morgan fingerprint density at radius 3 is 2.40 bits per heavy atom. The van der Waals surface area contributed by atoms with Gasteiger partial charge in [0, 0.05) is 0 Å². The van der Waals surface area contributed by atoms with Gasteiger partial charge in [-0.1, -0.05) is 0 Å². The molecule has 2 rings (SSSR count). The monoisotopic (exact) mass is 405 g/mol. The minimum absolute atomic E-state index is 0.131. The molecule has 0 radical (unpaired) electrons. The van der Waals surface area contributed by atoms with Gasteiger partial charge in [-0.3, -0.25) is 0 Å². The molecule has 0 aliphatic heterocycles. The summed E-state index contributed by atoms with van der Waals surface area (Å²) in [6, 6.07) is 10.7. The van der Waals surface area contributed by atoms with Crippen LogP contribution in [0, 0.1) is 5.92 Å². The fraction of sp³-hybridized carbons (Fsp3) is 0.500. The molecule has 1 amide bonds. The Morgan fingerprint density at radius 1 is 1.08 bits per heavy atom. The van der Waals surface area contributed by atoms with Crippen LogP contribution in [0.25, 0.3) is 0 Å². The molecule has 1 aromatic rings. The molecule has 25 heavy (non-hydrogen) atoms. The quantitative estimate of drug-likeness (QED) is 0.358. The number of hydrogen-bond donors (Lipinski definition) is 0. The van der Waals surface area contributed by atoms with Crippen LogP contribution >= 0.6 is 0 Å². The second kappa shape index (κ2) is 11.3. The molecule has 1 aliphatic carbocycles. The third kappa shape index (κ3) is 7.22. The van der Waals surface area contributed by atoms with Crippen LogP contribution in [0.1, 0.15) is 46.0 Å². The van der Waals surface area contributed by atoms with Gasteiger partial charge in [-0.25, -0.2) is 0 Å². The van der Waals surface area contributed by atoms with E-state index < -0.39 is 0 Å². The zero-order valence-corrected chi connectivity index (χ0v) is 17.3. The van der Waals surface area contributed by atoms with Crippen molar-refractivity contribution in [1.82, 2.24) is 4.90 Å². The van der Waals surface area contributed by atoms with Crippen molar-refractivity contribution in [2.24, 2.45) is 5.92 Å². The minimum atomic E-state index is 0.131. The van der Waals surface area contributed by atoms with Gasteiger partial charge in [-0.15, -0.1) is 0 Å². The summed E-state index contributed by atoms with van der Waals surface area (Å²) in [7, 11) is 0. The molecule has 0 bridgehead atoms. The molecule has 136 valence electrons. The molecular formula is C22H31NOSe. The average molecular weight is 404 g/mol. The van der Waals surface area contributed by atoms with E-state index in [1.54, 1.807) is 6.08 Å². The maximum absolute atomic E-state index is 12.3. The van der Waals surface area contributed by atoms with Gasteiger partial charge in [0.2, 0.25) is 0 Å². The summed E-state index contributed by atoms with van der Waals surface area (Å²) >= 11 is 0.421. The Labute approximate surface area is 159 Å². The Hall–Kier alpha value is -1.31. The van der Waals surface area contributed by atoms with Crippen molar-refractivity contribution in [1.29, 1.82) is 0 Å². The van der Waals surface area contributed by atoms with Crippen LogP contribution in [-0.2, 0) is 4.79 Å². The van der Waals surface area contributed by atoms with Gasteiger partial charge in [-0.2, -0.15) is 0 Å². The first-order valence-electron chi connectivity index (χ1n) is 9.58. The van der Waals surface area contributed by atoms with E-state index in [0.717, 1.165) is 18.4 Å². The third-order valence-electron chi connectivity index (χ3n) is 4.76. The zero-order chi connectivity index (χ0) is 17.9. The van der Waals surface area contributed by atoms with Gasteiger partial charge < -0.3 is 0 Å². The van der Waals surface area contributed by atoms with Gasteiger partial charge in [0.15, 0.2) is 0 Å². The van der Waals surface area contributed by atoms with Crippen LogP contribution in [0.3, 0.4) is 0 Å². The van der Waals surface area contributed by atoms with Crippen LogP contribution in [0.15, 0.2) is 54.1 Å². The number of rotatable bonds is 8. The molecule has 1 saturated carbocycles. The van der Waals surface area contributed by atoms with E-state index in [1.807, 2.05) is 18.7 Å². The SMILES string of the molecule is CCN(CC)C(=O)/C=C\C(=C\C1CCCCC1)C[Se]c1ccccc1. The number of allylic oxidation sites excluding steroid dienone is 3. The van der Waals surface area contributed by atoms with E-state index in [-0.39, 0.29) is 5.91 Å². The summed E-state index contributed by atoms with van der Waals surface area (Å²) < 4.78 is 1.42. The van der Waals surface area contributed by atoms with E-state index in [1.165, 1.54) is 42.1 Å². The number of hydrogen-bond acceptors (Lipinski definition) is 1. The zero-order valence-electron chi connectivity index (χ0n) is 15.6. The van der Waals surface area contributed by atoms with Crippen molar-refractivity contribution in [3.63, 3.8) is 0 Å². The van der Waals surface area contributed by atoms with Gasteiger partial charge in [0.05, 0.1) is 0 Å². The van der Waals surface area contributed by atoms with Crippen molar-refractivity contribution >= 4 is 25.3 Å². The molecule has 1 aliphatic rings. The second-order valence-electron chi connectivity index (χ2n) is 6.59. The summed E-state index contributed by atoms with van der Waals surface area (Å²) in [5, 5.41) is 1.07. The molecule has 0 atom stereocenters. The van der Waals surface area contributed by atoms with Crippen molar-refractivity contribution in [2.45, 2.75) is 51.3 Å². The first-order chi connectivity index (χ1) is 12.2. The van der Waals surface area contributed by atoms with Crippen LogP contribution in [0.4, 0.5) is 0 Å². The van der Waals surface area contributed by atoms with Crippen molar-refractivity contribution in [3.05, 3.63) is 54.1 Å². The molecule has 3 heteroatoms. The second-order valence-corrected chi connectivity index (χ2v) is 8.79. The summed E-state index contributed by atoms with van der Waals surface area (Å²) in [6.07, 6.45) is 13.0. The molecule has 0 N–H and O–H groups in total. The molecule has 0 aromatic heterocycles. The molecule has 0 saturated heterocycles. The molecule has 0 heterocycles. The Kier molecular flexibility index (Phi) is 9.07. The first kappa shape index (κ1) is 20.0. The Bertz CT molecular complexity index is 569. The normalized spacial score (nSPS) is 16.3. The summed E-state index contributed by atoms with van der Waals surface area (Å²) in [6.45, 7) is 5.61. The van der Waals surface area contributed by atoms with E-state index in [2.05, 4.69) is 42.5 Å². The van der Waals surface area contributed by atoms with Crippen LogP contribution in [0.5, 0.6) is 0 Å². The Balaban J connectivity index is 2.05. The Morgan fingerprint density at radius 2 is 1.76 bits per heavy atom. The van der Waals surface area contributed by atoms with Gasteiger partial charge in [0.1, 0.15) is 0 Å².